The van der Waals surface area contributed by atoms with Crippen LogP contribution in [0, 0.1) is 0 Å². The van der Waals surface area contributed by atoms with Gasteiger partial charge in [0.05, 0.1) is 0 Å². The molecule has 3 nitrogen and oxygen atoms in total. The summed E-state index contributed by atoms with van der Waals surface area (Å²) in [4.78, 5) is 9.01. The summed E-state index contributed by atoms with van der Waals surface area (Å²) in [6.45, 7) is 2.09. The maximum Gasteiger partial charge on any atom is 0.164 e. The molecule has 4 heteroatoms. The third-order valence-corrected chi connectivity index (χ3v) is 3.14. The van der Waals surface area contributed by atoms with Gasteiger partial charge in [-0.25, -0.2) is 9.97 Å². The smallest absolute Gasteiger partial charge is 0.164 e. The van der Waals surface area contributed by atoms with Crippen molar-refractivity contribution in [3.63, 3.8) is 0 Å². The molecule has 0 spiro atoms. The van der Waals surface area contributed by atoms with Crippen molar-refractivity contribution < 1.29 is 0 Å². The lowest BCUT2D eigenvalue weighted by molar-refractivity contribution is 0.901. The van der Waals surface area contributed by atoms with Crippen LogP contribution in [0.5, 0.6) is 0 Å². The van der Waals surface area contributed by atoms with E-state index in [9.17, 15) is 0 Å². The Kier molecular flexibility index (Phi) is 2.76. The Hall–Kier alpha value is -1.87. The maximum absolute atomic E-state index is 5.92. The highest BCUT2D eigenvalue weighted by Gasteiger charge is 2.11. The second-order valence-electron chi connectivity index (χ2n) is 4.04. The van der Waals surface area contributed by atoms with Crippen LogP contribution < -0.4 is 0 Å². The number of rotatable bonds is 2. The number of hydrogen-bond donors (Lipinski definition) is 0. The number of hydrogen-bond acceptors (Lipinski definition) is 2. The van der Waals surface area contributed by atoms with E-state index in [1.807, 2.05) is 36.4 Å². The van der Waals surface area contributed by atoms with Gasteiger partial charge in [-0.05, 0) is 36.4 Å². The summed E-state index contributed by atoms with van der Waals surface area (Å²) in [5.41, 5.74) is 2.85. The van der Waals surface area contributed by atoms with Crippen LogP contribution in [0.4, 0.5) is 0 Å². The predicted octanol–water partition coefficient (Wildman–Crippen LogP) is 3.64. The summed E-state index contributed by atoms with van der Waals surface area (Å²) in [5.74, 6) is 1.01. The quantitative estimate of drug-likeness (QED) is 0.702. The normalized spacial score (nSPS) is 11.0. The van der Waals surface area contributed by atoms with E-state index < -0.39 is 0 Å². The molecule has 0 bridgehead atoms. The van der Waals surface area contributed by atoms with Crippen LogP contribution in [-0.2, 0) is 6.42 Å². The minimum absolute atomic E-state index is 0.731. The van der Waals surface area contributed by atoms with Gasteiger partial charge in [-0.15, -0.1) is 0 Å². The zero-order chi connectivity index (χ0) is 12.5. The molecule has 0 fully saturated rings. The van der Waals surface area contributed by atoms with Crippen LogP contribution in [0.2, 0.25) is 5.02 Å². The number of halogens is 1. The molecular weight excluding hydrogens is 246 g/mol. The highest BCUT2D eigenvalue weighted by atomic mass is 35.5. The van der Waals surface area contributed by atoms with Crippen LogP contribution in [0.3, 0.4) is 0 Å². The summed E-state index contributed by atoms with van der Waals surface area (Å²) < 4.78 is 2.08. The average molecular weight is 258 g/mol. The molecular formula is C14H12ClN3. The van der Waals surface area contributed by atoms with E-state index in [0.717, 1.165) is 34.1 Å². The molecule has 0 unspecified atom stereocenters. The molecule has 90 valence electrons. The van der Waals surface area contributed by atoms with Crippen LogP contribution in [0.1, 0.15) is 12.7 Å². The van der Waals surface area contributed by atoms with Gasteiger partial charge >= 0.3 is 0 Å². The third kappa shape index (κ3) is 1.77. The van der Waals surface area contributed by atoms with Gasteiger partial charge in [0.1, 0.15) is 11.3 Å². The Labute approximate surface area is 110 Å². The Morgan fingerprint density at radius 2 is 1.94 bits per heavy atom. The van der Waals surface area contributed by atoms with Gasteiger partial charge in [-0.2, -0.15) is 0 Å². The summed E-state index contributed by atoms with van der Waals surface area (Å²) in [6, 6.07) is 11.6. The lowest BCUT2D eigenvalue weighted by Gasteiger charge is -2.07. The lowest BCUT2D eigenvalue weighted by Crippen LogP contribution is -2.00. The molecule has 0 radical (unpaired) electrons. The molecule has 0 aliphatic heterocycles. The Bertz CT molecular complexity index is 686. The molecule has 2 aromatic heterocycles. The van der Waals surface area contributed by atoms with E-state index in [1.54, 1.807) is 6.20 Å². The standard InChI is InChI=1S/C14H12ClN3/c1-2-13-17-12-4-3-9-16-14(12)18(13)11-7-5-10(15)6-8-11/h3-9H,2H2,1H3. The van der Waals surface area contributed by atoms with Crippen LogP contribution in [0.15, 0.2) is 42.6 Å². The minimum Gasteiger partial charge on any atom is -0.281 e. The van der Waals surface area contributed by atoms with E-state index in [0.29, 0.717) is 0 Å². The average Bonchev–Trinajstić information content (AvgIpc) is 2.78. The number of benzene rings is 1. The predicted molar refractivity (Wildman–Crippen MR) is 73.3 cm³/mol. The molecule has 0 amide bonds. The van der Waals surface area contributed by atoms with Gasteiger partial charge < -0.3 is 0 Å². The zero-order valence-electron chi connectivity index (χ0n) is 9.97. The first-order valence-corrected chi connectivity index (χ1v) is 6.25. The van der Waals surface area contributed by atoms with Gasteiger partial charge in [0.15, 0.2) is 5.65 Å². The number of pyridine rings is 1. The fraction of sp³-hybridized carbons (Fsp3) is 0.143. The molecule has 0 atom stereocenters. The second-order valence-corrected chi connectivity index (χ2v) is 4.48. The topological polar surface area (TPSA) is 30.7 Å². The molecule has 0 aliphatic carbocycles. The molecule has 1 aromatic carbocycles. The first-order valence-electron chi connectivity index (χ1n) is 5.88. The molecule has 3 rings (SSSR count). The van der Waals surface area contributed by atoms with E-state index in [4.69, 9.17) is 11.6 Å². The van der Waals surface area contributed by atoms with Gasteiger partial charge in [0.25, 0.3) is 0 Å². The summed E-state index contributed by atoms with van der Waals surface area (Å²) >= 11 is 5.92. The first kappa shape index (κ1) is 11.2. The number of fused-ring (bicyclic) bond motifs is 1. The molecule has 3 aromatic rings. The lowest BCUT2D eigenvalue weighted by atomic mass is 10.3. The zero-order valence-corrected chi connectivity index (χ0v) is 10.7. The third-order valence-electron chi connectivity index (χ3n) is 2.89. The molecule has 2 heterocycles. The largest absolute Gasteiger partial charge is 0.281 e. The highest BCUT2D eigenvalue weighted by Crippen LogP contribution is 2.21. The minimum atomic E-state index is 0.731. The summed E-state index contributed by atoms with van der Waals surface area (Å²) in [6.07, 6.45) is 2.65. The molecule has 0 N–H and O–H groups in total. The van der Waals surface area contributed by atoms with Gasteiger partial charge in [0.2, 0.25) is 0 Å². The Morgan fingerprint density at radius 3 is 2.67 bits per heavy atom. The molecule has 0 saturated heterocycles. The van der Waals surface area contributed by atoms with Crippen molar-refractivity contribution in [1.29, 1.82) is 0 Å². The SMILES string of the molecule is CCc1nc2cccnc2n1-c1ccc(Cl)cc1. The van der Waals surface area contributed by atoms with Gasteiger partial charge in [-0.3, -0.25) is 4.57 Å². The first-order chi connectivity index (χ1) is 8.79. The van der Waals surface area contributed by atoms with Crippen LogP contribution >= 0.6 is 11.6 Å². The second kappa shape index (κ2) is 4.42. The van der Waals surface area contributed by atoms with E-state index in [-0.39, 0.29) is 0 Å². The fourth-order valence-corrected chi connectivity index (χ4v) is 2.18. The molecule has 0 saturated carbocycles. The van der Waals surface area contributed by atoms with Crippen LogP contribution in [-0.4, -0.2) is 14.5 Å². The van der Waals surface area contributed by atoms with Crippen molar-refractivity contribution in [2.45, 2.75) is 13.3 Å². The van der Waals surface area contributed by atoms with Gasteiger partial charge in [0, 0.05) is 23.3 Å². The van der Waals surface area contributed by atoms with E-state index in [2.05, 4.69) is 21.5 Å². The molecule has 0 aliphatic rings. The van der Waals surface area contributed by atoms with E-state index >= 15 is 0 Å². The maximum atomic E-state index is 5.92. The van der Waals surface area contributed by atoms with Crippen LogP contribution in [0.25, 0.3) is 16.9 Å². The summed E-state index contributed by atoms with van der Waals surface area (Å²) in [7, 11) is 0. The number of nitrogens with zero attached hydrogens (tertiary/aromatic N) is 3. The number of aryl methyl sites for hydroxylation is 1. The summed E-state index contributed by atoms with van der Waals surface area (Å²) in [5, 5.41) is 0.731. The van der Waals surface area contributed by atoms with Crippen molar-refractivity contribution in [3.05, 3.63) is 53.4 Å². The van der Waals surface area contributed by atoms with Crippen molar-refractivity contribution in [1.82, 2.24) is 14.5 Å². The molecule has 18 heavy (non-hydrogen) atoms. The number of imidazole rings is 1. The highest BCUT2D eigenvalue weighted by molar-refractivity contribution is 6.30. The van der Waals surface area contributed by atoms with Crippen molar-refractivity contribution in [2.75, 3.05) is 0 Å². The fourth-order valence-electron chi connectivity index (χ4n) is 2.06. The van der Waals surface area contributed by atoms with Crippen molar-refractivity contribution >= 4 is 22.8 Å². The van der Waals surface area contributed by atoms with E-state index in [1.165, 1.54) is 0 Å². The Morgan fingerprint density at radius 1 is 1.17 bits per heavy atom. The Balaban J connectivity index is 2.29. The monoisotopic (exact) mass is 257 g/mol. The van der Waals surface area contributed by atoms with Crippen molar-refractivity contribution in [2.24, 2.45) is 0 Å². The number of aromatic nitrogens is 3. The van der Waals surface area contributed by atoms with Gasteiger partial charge in [-0.1, -0.05) is 18.5 Å². The van der Waals surface area contributed by atoms with Crippen molar-refractivity contribution in [3.8, 4) is 5.69 Å².